The van der Waals surface area contributed by atoms with E-state index in [1.165, 1.54) is 10.9 Å². The molecule has 0 unspecified atom stereocenters. The van der Waals surface area contributed by atoms with Crippen LogP contribution < -0.4 is 0 Å². The molecule has 0 atom stereocenters. The summed E-state index contributed by atoms with van der Waals surface area (Å²) >= 11 is 0. The van der Waals surface area contributed by atoms with Crippen molar-refractivity contribution in [1.82, 2.24) is 19.9 Å². The van der Waals surface area contributed by atoms with Gasteiger partial charge in [-0.1, -0.05) is 29.5 Å². The zero-order valence-electron chi connectivity index (χ0n) is 11.5. The lowest BCUT2D eigenvalue weighted by Gasteiger charge is -2.18. The first kappa shape index (κ1) is 13.9. The van der Waals surface area contributed by atoms with Crippen molar-refractivity contribution in [1.29, 1.82) is 0 Å². The van der Waals surface area contributed by atoms with E-state index in [-0.39, 0.29) is 18.1 Å². The third-order valence-corrected chi connectivity index (χ3v) is 3.07. The minimum Gasteiger partial charge on any atom is -0.340 e. The molecule has 0 N–H and O–H groups in total. The van der Waals surface area contributed by atoms with Gasteiger partial charge in [-0.25, -0.2) is 4.68 Å². The third kappa shape index (κ3) is 3.28. The maximum atomic E-state index is 12.1. The molecule has 0 radical (unpaired) electrons. The Balaban J connectivity index is 1.98. The van der Waals surface area contributed by atoms with Gasteiger partial charge in [-0.05, 0) is 18.1 Å². The molecule has 0 aliphatic heterocycles. The molecule has 2 aromatic rings. The summed E-state index contributed by atoms with van der Waals surface area (Å²) in [5.74, 6) is -0.0874. The number of likely N-dealkylation sites (N-methyl/N-ethyl adjacent to an activating group) is 1. The second-order valence-corrected chi connectivity index (χ2v) is 4.64. The van der Waals surface area contributed by atoms with Crippen molar-refractivity contribution in [3.05, 3.63) is 47.3 Å². The van der Waals surface area contributed by atoms with Gasteiger partial charge in [0.1, 0.15) is 12.2 Å². The zero-order chi connectivity index (χ0) is 14.5. The molecule has 0 aliphatic rings. The van der Waals surface area contributed by atoms with Gasteiger partial charge < -0.3 is 4.90 Å². The van der Waals surface area contributed by atoms with Crippen LogP contribution in [0.15, 0.2) is 30.5 Å². The van der Waals surface area contributed by atoms with Gasteiger partial charge in [0.15, 0.2) is 6.29 Å². The average molecular weight is 272 g/mol. The highest BCUT2D eigenvalue weighted by molar-refractivity contribution is 5.76. The molecular weight excluding hydrogens is 256 g/mol. The van der Waals surface area contributed by atoms with Crippen LogP contribution in [0.2, 0.25) is 0 Å². The number of rotatable bonds is 5. The number of carbonyl (C=O) groups is 2. The van der Waals surface area contributed by atoms with Crippen molar-refractivity contribution < 1.29 is 9.59 Å². The number of benzene rings is 1. The smallest absolute Gasteiger partial charge is 0.244 e. The Morgan fingerprint density at radius 1 is 1.40 bits per heavy atom. The Labute approximate surface area is 117 Å². The molecule has 0 bridgehead atoms. The van der Waals surface area contributed by atoms with Crippen LogP contribution >= 0.6 is 0 Å². The number of aryl methyl sites for hydroxylation is 1. The van der Waals surface area contributed by atoms with E-state index >= 15 is 0 Å². The fourth-order valence-electron chi connectivity index (χ4n) is 1.84. The first-order valence-electron chi connectivity index (χ1n) is 6.24. The van der Waals surface area contributed by atoms with Gasteiger partial charge in [0, 0.05) is 13.6 Å². The Morgan fingerprint density at radius 3 is 2.80 bits per heavy atom. The highest BCUT2D eigenvalue weighted by Gasteiger charge is 2.12. The number of hydrogen-bond acceptors (Lipinski definition) is 4. The van der Waals surface area contributed by atoms with E-state index in [4.69, 9.17) is 0 Å². The normalized spacial score (nSPS) is 10.3. The number of carbonyl (C=O) groups excluding carboxylic acids is 2. The summed E-state index contributed by atoms with van der Waals surface area (Å²) < 4.78 is 1.36. The highest BCUT2D eigenvalue weighted by Crippen LogP contribution is 2.09. The SMILES string of the molecule is Cc1ccccc1CN(C)C(=O)Cn1cc(C=O)nn1. The number of amides is 1. The molecule has 0 spiro atoms. The van der Waals surface area contributed by atoms with E-state index in [0.717, 1.165) is 11.1 Å². The summed E-state index contributed by atoms with van der Waals surface area (Å²) in [6.07, 6.45) is 2.05. The molecule has 0 saturated heterocycles. The van der Waals surface area contributed by atoms with E-state index in [2.05, 4.69) is 10.3 Å². The topological polar surface area (TPSA) is 68.1 Å². The van der Waals surface area contributed by atoms with Gasteiger partial charge in [0.05, 0.1) is 6.20 Å². The van der Waals surface area contributed by atoms with Gasteiger partial charge in [0.2, 0.25) is 5.91 Å². The fourth-order valence-corrected chi connectivity index (χ4v) is 1.84. The molecule has 1 aromatic heterocycles. The predicted molar refractivity (Wildman–Crippen MR) is 73.1 cm³/mol. The van der Waals surface area contributed by atoms with E-state index in [0.29, 0.717) is 12.8 Å². The average Bonchev–Trinajstić information content (AvgIpc) is 2.89. The quantitative estimate of drug-likeness (QED) is 0.763. The molecule has 1 amide bonds. The number of aldehydes is 1. The molecule has 2 rings (SSSR count). The highest BCUT2D eigenvalue weighted by atomic mass is 16.2. The second kappa shape index (κ2) is 6.10. The molecule has 0 fully saturated rings. The zero-order valence-corrected chi connectivity index (χ0v) is 11.5. The van der Waals surface area contributed by atoms with Crippen LogP contribution in [0.5, 0.6) is 0 Å². The van der Waals surface area contributed by atoms with Crippen molar-refractivity contribution in [3.63, 3.8) is 0 Å². The van der Waals surface area contributed by atoms with Gasteiger partial charge in [-0.2, -0.15) is 0 Å². The van der Waals surface area contributed by atoms with Gasteiger partial charge in [-0.15, -0.1) is 5.10 Å². The molecule has 0 aliphatic carbocycles. The van der Waals surface area contributed by atoms with Gasteiger partial charge >= 0.3 is 0 Å². The number of aromatic nitrogens is 3. The minimum absolute atomic E-state index is 0.0726. The third-order valence-electron chi connectivity index (χ3n) is 3.07. The molecule has 0 saturated carbocycles. The van der Waals surface area contributed by atoms with Crippen LogP contribution in [-0.4, -0.2) is 39.1 Å². The molecule has 104 valence electrons. The standard InChI is InChI=1S/C14H16N4O2/c1-11-5-3-4-6-12(11)7-17(2)14(20)9-18-8-13(10-19)15-16-18/h3-6,8,10H,7,9H2,1-2H3. The molecule has 1 aromatic carbocycles. The van der Waals surface area contributed by atoms with Crippen molar-refractivity contribution in [2.24, 2.45) is 0 Å². The number of hydrogen-bond donors (Lipinski definition) is 0. The molecule has 1 heterocycles. The van der Waals surface area contributed by atoms with Gasteiger partial charge in [0.25, 0.3) is 0 Å². The van der Waals surface area contributed by atoms with Crippen molar-refractivity contribution in [2.45, 2.75) is 20.0 Å². The summed E-state index contributed by atoms with van der Waals surface area (Å²) in [4.78, 5) is 24.2. The first-order chi connectivity index (χ1) is 9.60. The van der Waals surface area contributed by atoms with Gasteiger partial charge in [-0.3, -0.25) is 9.59 Å². The van der Waals surface area contributed by atoms with Crippen molar-refractivity contribution in [2.75, 3.05) is 7.05 Å². The van der Waals surface area contributed by atoms with Crippen LogP contribution in [0.3, 0.4) is 0 Å². The number of nitrogens with zero attached hydrogens (tertiary/aromatic N) is 4. The first-order valence-corrected chi connectivity index (χ1v) is 6.24. The van der Waals surface area contributed by atoms with E-state index < -0.39 is 0 Å². The van der Waals surface area contributed by atoms with Crippen LogP contribution in [-0.2, 0) is 17.9 Å². The van der Waals surface area contributed by atoms with Crippen molar-refractivity contribution in [3.8, 4) is 0 Å². The fraction of sp³-hybridized carbons (Fsp3) is 0.286. The van der Waals surface area contributed by atoms with E-state index in [1.807, 2.05) is 31.2 Å². The van der Waals surface area contributed by atoms with Crippen LogP contribution in [0, 0.1) is 6.92 Å². The van der Waals surface area contributed by atoms with Crippen LogP contribution in [0.1, 0.15) is 21.6 Å². The molecule has 20 heavy (non-hydrogen) atoms. The van der Waals surface area contributed by atoms with E-state index in [1.54, 1.807) is 11.9 Å². The second-order valence-electron chi connectivity index (χ2n) is 4.64. The summed E-state index contributed by atoms with van der Waals surface area (Å²) in [6, 6.07) is 7.94. The maximum absolute atomic E-state index is 12.1. The lowest BCUT2D eigenvalue weighted by atomic mass is 10.1. The summed E-state index contributed by atoms with van der Waals surface area (Å²) in [6.45, 7) is 2.63. The van der Waals surface area contributed by atoms with Crippen LogP contribution in [0.25, 0.3) is 0 Å². The van der Waals surface area contributed by atoms with E-state index in [9.17, 15) is 9.59 Å². The molecule has 6 nitrogen and oxygen atoms in total. The van der Waals surface area contributed by atoms with Crippen LogP contribution in [0.4, 0.5) is 0 Å². The Kier molecular flexibility index (Phi) is 4.24. The largest absolute Gasteiger partial charge is 0.340 e. The Hall–Kier alpha value is -2.50. The van der Waals surface area contributed by atoms with Crippen molar-refractivity contribution >= 4 is 12.2 Å². The minimum atomic E-state index is -0.0874. The lowest BCUT2D eigenvalue weighted by molar-refractivity contribution is -0.131. The Morgan fingerprint density at radius 2 is 2.15 bits per heavy atom. The molecule has 6 heteroatoms. The Bertz CT molecular complexity index is 621. The maximum Gasteiger partial charge on any atom is 0.244 e. The summed E-state index contributed by atoms with van der Waals surface area (Å²) in [5, 5.41) is 7.34. The monoisotopic (exact) mass is 272 g/mol. The lowest BCUT2D eigenvalue weighted by Crippen LogP contribution is -2.30. The predicted octanol–water partition coefficient (Wildman–Crippen LogP) is 1.06. The molecular formula is C14H16N4O2. The summed E-state index contributed by atoms with van der Waals surface area (Å²) in [5.41, 5.74) is 2.48. The summed E-state index contributed by atoms with van der Waals surface area (Å²) in [7, 11) is 1.74.